The summed E-state index contributed by atoms with van der Waals surface area (Å²) in [4.78, 5) is 28.0. The Morgan fingerprint density at radius 3 is 2.94 bits per heavy atom. The highest BCUT2D eigenvalue weighted by molar-refractivity contribution is 5.92. The van der Waals surface area contributed by atoms with Crippen molar-refractivity contribution in [2.24, 2.45) is 0 Å². The number of amides is 2. The van der Waals surface area contributed by atoms with Gasteiger partial charge in [-0.15, -0.1) is 0 Å². The van der Waals surface area contributed by atoms with Crippen LogP contribution < -0.4 is 16.1 Å². The number of rotatable bonds is 2. The second kappa shape index (κ2) is 4.30. The van der Waals surface area contributed by atoms with Gasteiger partial charge in [0.15, 0.2) is 0 Å². The van der Waals surface area contributed by atoms with Crippen LogP contribution in [0.15, 0.2) is 24.3 Å². The molecule has 94 valence electrons. The summed E-state index contributed by atoms with van der Waals surface area (Å²) in [6, 6.07) is 6.87. The molecule has 0 radical (unpaired) electrons. The fourth-order valence-electron chi connectivity index (χ4n) is 2.18. The molecule has 2 aliphatic rings. The van der Waals surface area contributed by atoms with Crippen molar-refractivity contribution in [2.45, 2.75) is 18.5 Å². The number of anilines is 1. The maximum absolute atomic E-state index is 12.0. The molecule has 3 rings (SSSR count). The minimum atomic E-state index is -0.594. The molecular weight excluding hydrogens is 234 g/mol. The Balaban J connectivity index is 1.64. The summed E-state index contributed by atoms with van der Waals surface area (Å²) in [7, 11) is 0. The van der Waals surface area contributed by atoms with Crippen LogP contribution in [-0.2, 0) is 20.8 Å². The van der Waals surface area contributed by atoms with Crippen molar-refractivity contribution in [3.05, 3.63) is 29.8 Å². The summed E-state index contributed by atoms with van der Waals surface area (Å²) < 4.78 is 0. The molecule has 0 bridgehead atoms. The quantitative estimate of drug-likeness (QED) is 0.662. The fourth-order valence-corrected chi connectivity index (χ4v) is 2.18. The first-order valence-electron chi connectivity index (χ1n) is 5.80. The number of hydrogen-bond donors (Lipinski definition) is 3. The third kappa shape index (κ3) is 1.91. The van der Waals surface area contributed by atoms with Crippen molar-refractivity contribution in [3.8, 4) is 0 Å². The molecule has 0 aromatic heterocycles. The van der Waals surface area contributed by atoms with Crippen molar-refractivity contribution in [3.63, 3.8) is 0 Å². The molecule has 0 saturated carbocycles. The summed E-state index contributed by atoms with van der Waals surface area (Å²) in [5.74, 6) is -0.490. The minimum absolute atomic E-state index is 0.171. The van der Waals surface area contributed by atoms with Gasteiger partial charge >= 0.3 is 0 Å². The maximum Gasteiger partial charge on any atom is 0.268 e. The number of fused-ring (bicyclic) bond motifs is 1. The molecule has 1 fully saturated rings. The van der Waals surface area contributed by atoms with Crippen LogP contribution >= 0.6 is 0 Å². The molecule has 3 N–H and O–H groups in total. The third-order valence-corrected chi connectivity index (χ3v) is 3.14. The molecule has 0 spiro atoms. The van der Waals surface area contributed by atoms with Crippen molar-refractivity contribution in [2.75, 3.05) is 11.9 Å². The Morgan fingerprint density at radius 2 is 2.22 bits per heavy atom. The summed E-state index contributed by atoms with van der Waals surface area (Å²) in [5, 5.41) is 5.81. The Hall–Kier alpha value is -2.08. The SMILES string of the molecule is O=C(N[C@@H]1CONC1=O)[C@@H]1Cc2ccccc2N1. The number of hydroxylamine groups is 1. The van der Waals surface area contributed by atoms with Gasteiger partial charge in [0.1, 0.15) is 18.7 Å². The standard InChI is InChI=1S/C12H13N3O3/c16-11(14-10-6-18-15-12(10)17)9-5-7-3-1-2-4-8(7)13-9/h1-4,9-10,13H,5-6H2,(H,14,16)(H,15,17)/t9-,10+/m0/s1. The fraction of sp³-hybridized carbons (Fsp3) is 0.333. The lowest BCUT2D eigenvalue weighted by Crippen LogP contribution is -2.47. The van der Waals surface area contributed by atoms with Crippen molar-refractivity contribution < 1.29 is 14.4 Å². The van der Waals surface area contributed by atoms with E-state index < -0.39 is 6.04 Å². The first kappa shape index (κ1) is 11.0. The van der Waals surface area contributed by atoms with Gasteiger partial charge in [-0.25, -0.2) is 5.48 Å². The van der Waals surface area contributed by atoms with Gasteiger partial charge in [-0.2, -0.15) is 0 Å². The van der Waals surface area contributed by atoms with E-state index in [1.54, 1.807) is 0 Å². The van der Waals surface area contributed by atoms with Crippen molar-refractivity contribution in [1.82, 2.24) is 10.8 Å². The number of benzene rings is 1. The molecule has 6 nitrogen and oxygen atoms in total. The molecular formula is C12H13N3O3. The van der Waals surface area contributed by atoms with Gasteiger partial charge in [0.05, 0.1) is 0 Å². The van der Waals surface area contributed by atoms with E-state index >= 15 is 0 Å². The second-order valence-electron chi connectivity index (χ2n) is 4.40. The van der Waals surface area contributed by atoms with E-state index in [-0.39, 0.29) is 24.5 Å². The largest absolute Gasteiger partial charge is 0.373 e. The van der Waals surface area contributed by atoms with Crippen LogP contribution in [0.2, 0.25) is 0 Å². The van der Waals surface area contributed by atoms with E-state index in [1.807, 2.05) is 24.3 Å². The van der Waals surface area contributed by atoms with Gasteiger partial charge < -0.3 is 10.6 Å². The molecule has 1 aromatic rings. The molecule has 0 unspecified atom stereocenters. The average Bonchev–Trinajstić information content (AvgIpc) is 2.96. The number of para-hydroxylation sites is 1. The first-order chi connectivity index (χ1) is 8.74. The third-order valence-electron chi connectivity index (χ3n) is 3.14. The van der Waals surface area contributed by atoms with Crippen LogP contribution in [0.5, 0.6) is 0 Å². The van der Waals surface area contributed by atoms with Crippen LogP contribution in [-0.4, -0.2) is 30.5 Å². The number of carbonyl (C=O) groups is 2. The highest BCUT2D eigenvalue weighted by Crippen LogP contribution is 2.25. The summed E-state index contributed by atoms with van der Waals surface area (Å²) in [5.41, 5.74) is 4.30. The van der Waals surface area contributed by atoms with E-state index in [2.05, 4.69) is 16.1 Å². The lowest BCUT2D eigenvalue weighted by molar-refractivity contribution is -0.128. The molecule has 2 atom stereocenters. The summed E-state index contributed by atoms with van der Waals surface area (Å²) in [6.07, 6.45) is 0.636. The monoisotopic (exact) mass is 247 g/mol. The zero-order valence-electron chi connectivity index (χ0n) is 9.60. The summed E-state index contributed by atoms with van der Waals surface area (Å²) in [6.45, 7) is 0.171. The van der Waals surface area contributed by atoms with Crippen molar-refractivity contribution in [1.29, 1.82) is 0 Å². The maximum atomic E-state index is 12.0. The van der Waals surface area contributed by atoms with Crippen LogP contribution in [0.3, 0.4) is 0 Å². The number of hydrogen-bond acceptors (Lipinski definition) is 4. The van der Waals surface area contributed by atoms with Gasteiger partial charge in [-0.1, -0.05) is 18.2 Å². The minimum Gasteiger partial charge on any atom is -0.373 e. The first-order valence-corrected chi connectivity index (χ1v) is 5.80. The molecule has 1 saturated heterocycles. The summed E-state index contributed by atoms with van der Waals surface area (Å²) >= 11 is 0. The van der Waals surface area contributed by atoms with Crippen LogP contribution in [0.1, 0.15) is 5.56 Å². The Kier molecular flexibility index (Phi) is 2.64. The van der Waals surface area contributed by atoms with Gasteiger partial charge in [0.2, 0.25) is 5.91 Å². The van der Waals surface area contributed by atoms with E-state index in [1.165, 1.54) is 0 Å². The predicted octanol–water partition coefficient (Wildman–Crippen LogP) is -0.431. The van der Waals surface area contributed by atoms with E-state index in [9.17, 15) is 9.59 Å². The van der Waals surface area contributed by atoms with E-state index in [4.69, 9.17) is 4.84 Å². The van der Waals surface area contributed by atoms with Gasteiger partial charge in [0.25, 0.3) is 5.91 Å². The zero-order valence-corrected chi connectivity index (χ0v) is 9.60. The molecule has 0 aliphatic carbocycles. The lowest BCUT2D eigenvalue weighted by Gasteiger charge is -2.14. The van der Waals surface area contributed by atoms with Crippen LogP contribution in [0.4, 0.5) is 5.69 Å². The topological polar surface area (TPSA) is 79.5 Å². The smallest absolute Gasteiger partial charge is 0.268 e. The van der Waals surface area contributed by atoms with Gasteiger partial charge in [-0.05, 0) is 11.6 Å². The molecule has 6 heteroatoms. The van der Waals surface area contributed by atoms with Crippen molar-refractivity contribution >= 4 is 17.5 Å². The average molecular weight is 247 g/mol. The Labute approximate surface area is 104 Å². The normalized spacial score (nSPS) is 25.2. The molecule has 18 heavy (non-hydrogen) atoms. The van der Waals surface area contributed by atoms with Crippen LogP contribution in [0, 0.1) is 0 Å². The molecule has 1 aromatic carbocycles. The molecule has 2 aliphatic heterocycles. The van der Waals surface area contributed by atoms with Gasteiger partial charge in [0, 0.05) is 12.1 Å². The highest BCUT2D eigenvalue weighted by atomic mass is 16.7. The molecule has 2 heterocycles. The lowest BCUT2D eigenvalue weighted by atomic mass is 10.1. The number of nitrogens with one attached hydrogen (secondary N) is 3. The van der Waals surface area contributed by atoms with E-state index in [0.717, 1.165) is 11.3 Å². The number of carbonyl (C=O) groups excluding carboxylic acids is 2. The predicted molar refractivity (Wildman–Crippen MR) is 63.6 cm³/mol. The van der Waals surface area contributed by atoms with Crippen LogP contribution in [0.25, 0.3) is 0 Å². The highest BCUT2D eigenvalue weighted by Gasteiger charge is 2.32. The van der Waals surface area contributed by atoms with Gasteiger partial charge in [-0.3, -0.25) is 14.4 Å². The van der Waals surface area contributed by atoms with E-state index in [0.29, 0.717) is 6.42 Å². The molecule has 2 amide bonds. The zero-order chi connectivity index (χ0) is 12.5. The second-order valence-corrected chi connectivity index (χ2v) is 4.40. The Morgan fingerprint density at radius 1 is 1.39 bits per heavy atom. The Bertz CT molecular complexity index is 478.